The molecule has 0 saturated heterocycles. The summed E-state index contributed by atoms with van der Waals surface area (Å²) in [5.41, 5.74) is 5.00. The second-order valence-corrected chi connectivity index (χ2v) is 7.81. The number of carbonyl (C=O) groups excluding carboxylic acids is 1. The summed E-state index contributed by atoms with van der Waals surface area (Å²) >= 11 is 0. The van der Waals surface area contributed by atoms with Crippen LogP contribution < -0.4 is 0 Å². The van der Waals surface area contributed by atoms with Crippen molar-refractivity contribution in [1.29, 1.82) is 0 Å². The van der Waals surface area contributed by atoms with Crippen molar-refractivity contribution in [2.45, 2.75) is 25.4 Å². The maximum absolute atomic E-state index is 10.4. The number of ether oxygens (including phenoxy) is 1. The molecule has 174 valence electrons. The molecule has 0 radical (unpaired) electrons. The molecular weight excluding hydrogens is 424 g/mol. The molecule has 0 bridgehead atoms. The second-order valence-electron chi connectivity index (χ2n) is 7.81. The van der Waals surface area contributed by atoms with Crippen LogP contribution in [0.4, 0.5) is 0 Å². The highest BCUT2D eigenvalue weighted by Gasteiger charge is 2.28. The highest BCUT2D eigenvalue weighted by atomic mass is 35.5. The highest BCUT2D eigenvalue weighted by molar-refractivity contribution is 5.85. The van der Waals surface area contributed by atoms with Gasteiger partial charge in [0.15, 0.2) is 0 Å². The summed E-state index contributed by atoms with van der Waals surface area (Å²) < 4.78 is 4.95. The van der Waals surface area contributed by atoms with E-state index in [9.17, 15) is 4.79 Å². The third kappa shape index (κ3) is 7.57. The van der Waals surface area contributed by atoms with E-state index in [0.29, 0.717) is 19.2 Å². The van der Waals surface area contributed by atoms with Gasteiger partial charge in [-0.3, -0.25) is 14.6 Å². The Morgan fingerprint density at radius 3 is 1.97 bits per heavy atom. The summed E-state index contributed by atoms with van der Waals surface area (Å²) in [4.78, 5) is 22.7. The molecule has 6 nitrogen and oxygen atoms in total. The van der Waals surface area contributed by atoms with Crippen LogP contribution in [0.1, 0.15) is 30.4 Å². The Morgan fingerprint density at radius 2 is 1.50 bits per heavy atom. The van der Waals surface area contributed by atoms with Crippen LogP contribution in [0.2, 0.25) is 0 Å². The minimum Gasteiger partial charge on any atom is -0.467 e. The number of aliphatic imine (C=N–C) groups is 2. The molecule has 0 fully saturated rings. The topological polar surface area (TPSA) is 57.5 Å². The van der Waals surface area contributed by atoms with Gasteiger partial charge in [-0.1, -0.05) is 48.5 Å². The van der Waals surface area contributed by atoms with E-state index in [-0.39, 0.29) is 18.3 Å². The Balaban J connectivity index is 0.000000318. The molecule has 1 aliphatic carbocycles. The molecule has 7 heteroatoms. The molecule has 0 unspecified atom stereocenters. The minimum atomic E-state index is 0. The molecule has 0 N–H and O–H groups in total. The third-order valence-corrected chi connectivity index (χ3v) is 5.28. The number of hydrogen-bond acceptors (Lipinski definition) is 6. The number of hydrogen-bond donors (Lipinski definition) is 0. The smallest absolute Gasteiger partial charge is 0.293 e. The number of benzene rings is 2. The molecule has 3 rings (SSSR count). The fourth-order valence-electron chi connectivity index (χ4n) is 3.90. The van der Waals surface area contributed by atoms with Gasteiger partial charge in [-0.25, -0.2) is 9.98 Å². The predicted molar refractivity (Wildman–Crippen MR) is 134 cm³/mol. The Kier molecular flexibility index (Phi) is 12.5. The van der Waals surface area contributed by atoms with E-state index in [4.69, 9.17) is 4.74 Å². The Labute approximate surface area is 198 Å². The number of carbonyl (C=O) groups is 1. The monoisotopic (exact) mass is 458 g/mol. The van der Waals surface area contributed by atoms with E-state index in [1.54, 1.807) is 0 Å². The summed E-state index contributed by atoms with van der Waals surface area (Å²) in [5.74, 6) is 0.174. The number of fused-ring (bicyclic) bond motifs is 3. The first-order valence-electron chi connectivity index (χ1n) is 10.7. The fraction of sp³-hybridized carbons (Fsp3) is 0.440. The zero-order chi connectivity index (χ0) is 22.6. The Hall–Kier alpha value is -2.50. The lowest BCUT2D eigenvalue weighted by atomic mass is 9.98. The molecule has 1 aliphatic rings. The van der Waals surface area contributed by atoms with Gasteiger partial charge in [-0.15, -0.1) is 12.4 Å². The van der Waals surface area contributed by atoms with Crippen molar-refractivity contribution in [3.05, 3.63) is 59.7 Å². The van der Waals surface area contributed by atoms with Gasteiger partial charge in [0.1, 0.15) is 6.61 Å². The van der Waals surface area contributed by atoms with E-state index in [1.165, 1.54) is 22.3 Å². The largest absolute Gasteiger partial charge is 0.467 e. The predicted octanol–water partition coefficient (Wildman–Crippen LogP) is 4.41. The van der Waals surface area contributed by atoms with Crippen molar-refractivity contribution < 1.29 is 9.53 Å². The van der Waals surface area contributed by atoms with Crippen molar-refractivity contribution >= 4 is 24.9 Å². The van der Waals surface area contributed by atoms with Crippen LogP contribution >= 0.6 is 12.4 Å². The molecule has 2 aromatic rings. The average Bonchev–Trinajstić information content (AvgIpc) is 3.08. The molecule has 0 aromatic heterocycles. The Bertz CT molecular complexity index is 842. The molecule has 0 atom stereocenters. The first-order chi connectivity index (χ1) is 15.0. The summed E-state index contributed by atoms with van der Waals surface area (Å²) in [6.45, 7) is 4.45. The van der Waals surface area contributed by atoms with E-state index >= 15 is 0 Å². The quantitative estimate of drug-likeness (QED) is 0.317. The maximum Gasteiger partial charge on any atom is 0.293 e. The molecule has 0 heterocycles. The third-order valence-electron chi connectivity index (χ3n) is 5.28. The van der Waals surface area contributed by atoms with Crippen LogP contribution in [-0.4, -0.2) is 76.3 Å². The summed E-state index contributed by atoms with van der Waals surface area (Å²) in [6.07, 6.45) is 1.44. The van der Waals surface area contributed by atoms with Crippen LogP contribution in [0.5, 0.6) is 0 Å². The molecule has 0 amide bonds. The van der Waals surface area contributed by atoms with Crippen molar-refractivity contribution in [3.8, 4) is 11.1 Å². The molecular formula is C25H35ClN4O2. The van der Waals surface area contributed by atoms with Crippen molar-refractivity contribution in [2.75, 3.05) is 47.9 Å². The van der Waals surface area contributed by atoms with Gasteiger partial charge in [-0.2, -0.15) is 0 Å². The zero-order valence-corrected chi connectivity index (χ0v) is 20.5. The lowest BCUT2D eigenvalue weighted by Crippen LogP contribution is -2.40. The number of rotatable bonds is 9. The zero-order valence-electron chi connectivity index (χ0n) is 19.7. The van der Waals surface area contributed by atoms with Crippen molar-refractivity contribution in [3.63, 3.8) is 0 Å². The standard InChI is InChI=1S/C15H12O2.C10H22N4.ClH/c16-10-17-9-15-13-7-3-1-5-11(13)12-6-2-4-8-14(12)15;1-6-11-9-12-8-7-10(13(2)3)14(4)5;/h1-8,10,15H,9H2;10H,6-8H2,1-5H3;1H. The van der Waals surface area contributed by atoms with E-state index in [0.717, 1.165) is 19.5 Å². The van der Waals surface area contributed by atoms with Gasteiger partial charge in [0.05, 0.1) is 18.7 Å². The van der Waals surface area contributed by atoms with Gasteiger partial charge >= 0.3 is 0 Å². The van der Waals surface area contributed by atoms with E-state index in [1.807, 2.05) is 31.2 Å². The van der Waals surface area contributed by atoms with Crippen LogP contribution in [-0.2, 0) is 9.53 Å². The Morgan fingerprint density at radius 1 is 0.969 bits per heavy atom. The molecule has 0 saturated carbocycles. The van der Waals surface area contributed by atoms with E-state index < -0.39 is 0 Å². The van der Waals surface area contributed by atoms with E-state index in [2.05, 4.69) is 78.2 Å². The first kappa shape index (κ1) is 27.5. The van der Waals surface area contributed by atoms with Gasteiger partial charge < -0.3 is 4.74 Å². The van der Waals surface area contributed by atoms with Gasteiger partial charge in [0, 0.05) is 12.5 Å². The van der Waals surface area contributed by atoms with Gasteiger partial charge in [0.2, 0.25) is 0 Å². The van der Waals surface area contributed by atoms with Crippen molar-refractivity contribution in [2.24, 2.45) is 9.98 Å². The lowest BCUT2D eigenvalue weighted by Gasteiger charge is -2.29. The molecule has 0 aliphatic heterocycles. The average molecular weight is 459 g/mol. The summed E-state index contributed by atoms with van der Waals surface area (Å²) in [7, 11) is 8.31. The molecule has 0 spiro atoms. The normalized spacial score (nSPS) is 11.6. The molecule has 2 aromatic carbocycles. The minimum absolute atomic E-state index is 0. The van der Waals surface area contributed by atoms with Crippen molar-refractivity contribution in [1.82, 2.24) is 9.80 Å². The van der Waals surface area contributed by atoms with Crippen LogP contribution in [0.25, 0.3) is 11.1 Å². The maximum atomic E-state index is 10.4. The fourth-order valence-corrected chi connectivity index (χ4v) is 3.90. The number of halogens is 1. The van der Waals surface area contributed by atoms with Crippen LogP contribution in [0, 0.1) is 0 Å². The SMILES string of the molecule is CCN=C=NCCC(N(C)C)N(C)C.Cl.O=COCC1c2ccccc2-c2ccccc21. The van der Waals surface area contributed by atoms with Crippen LogP contribution in [0.3, 0.4) is 0 Å². The lowest BCUT2D eigenvalue weighted by molar-refractivity contribution is -0.128. The first-order valence-corrected chi connectivity index (χ1v) is 10.7. The number of nitrogens with zero attached hydrogens (tertiary/aromatic N) is 4. The van der Waals surface area contributed by atoms with Gasteiger partial charge in [0.25, 0.3) is 6.47 Å². The molecule has 32 heavy (non-hydrogen) atoms. The second kappa shape index (κ2) is 14.5. The van der Waals surface area contributed by atoms with Gasteiger partial charge in [-0.05, 0) is 63.8 Å². The highest BCUT2D eigenvalue weighted by Crippen LogP contribution is 2.44. The summed E-state index contributed by atoms with van der Waals surface area (Å²) in [5, 5.41) is 0. The van der Waals surface area contributed by atoms with Crippen LogP contribution in [0.15, 0.2) is 58.5 Å². The summed E-state index contributed by atoms with van der Waals surface area (Å²) in [6, 6.07) is 19.3.